The fourth-order valence-electron chi connectivity index (χ4n) is 1.79. The molecular weight excluding hydrogens is 262 g/mol. The van der Waals surface area contributed by atoms with Crippen molar-refractivity contribution in [3.05, 3.63) is 29.7 Å². The second kappa shape index (κ2) is 6.18. The lowest BCUT2D eigenvalue weighted by Gasteiger charge is -2.17. The average molecular weight is 279 g/mol. The lowest BCUT2D eigenvalue weighted by molar-refractivity contribution is -0.117. The van der Waals surface area contributed by atoms with Gasteiger partial charge >= 0.3 is 0 Å². The van der Waals surface area contributed by atoms with Crippen molar-refractivity contribution in [2.75, 3.05) is 32.8 Å². The van der Waals surface area contributed by atoms with E-state index in [1.54, 1.807) is 26.4 Å². The predicted molar refractivity (Wildman–Crippen MR) is 72.9 cm³/mol. The van der Waals surface area contributed by atoms with Crippen LogP contribution in [-0.2, 0) is 14.3 Å². The highest BCUT2D eigenvalue weighted by Crippen LogP contribution is 2.33. The Morgan fingerprint density at radius 3 is 2.50 bits per heavy atom. The highest BCUT2D eigenvalue weighted by atomic mass is 16.6. The van der Waals surface area contributed by atoms with E-state index in [1.807, 2.05) is 6.92 Å². The van der Waals surface area contributed by atoms with Crippen LogP contribution in [0.25, 0.3) is 0 Å². The van der Waals surface area contributed by atoms with Crippen LogP contribution in [0.3, 0.4) is 0 Å². The Kier molecular flexibility index (Phi) is 4.34. The minimum absolute atomic E-state index is 0.158. The average Bonchev–Trinajstić information content (AvgIpc) is 2.49. The molecule has 108 valence electrons. The molecule has 0 radical (unpaired) electrons. The van der Waals surface area contributed by atoms with Crippen LogP contribution in [0.15, 0.2) is 24.2 Å². The Bertz CT molecular complexity index is 539. The number of carbonyl (C=O) groups is 1. The van der Waals surface area contributed by atoms with Crippen molar-refractivity contribution in [2.24, 2.45) is 0 Å². The number of hydrogen-bond donors (Lipinski definition) is 1. The van der Waals surface area contributed by atoms with E-state index >= 15 is 0 Å². The molecule has 20 heavy (non-hydrogen) atoms. The maximum atomic E-state index is 12.0. The van der Waals surface area contributed by atoms with Gasteiger partial charge < -0.3 is 24.3 Å². The molecule has 1 N–H and O–H groups in total. The van der Waals surface area contributed by atoms with Crippen LogP contribution in [0.5, 0.6) is 11.5 Å². The monoisotopic (exact) mass is 279 g/mol. The number of methoxy groups -OCH3 is 2. The molecule has 0 aromatic heterocycles. The zero-order chi connectivity index (χ0) is 14.5. The van der Waals surface area contributed by atoms with Crippen molar-refractivity contribution >= 4 is 11.6 Å². The minimum atomic E-state index is -0.361. The fraction of sp³-hybridized carbons (Fsp3) is 0.357. The quantitative estimate of drug-likeness (QED) is 0.911. The second-order valence-corrected chi connectivity index (χ2v) is 4.18. The van der Waals surface area contributed by atoms with Gasteiger partial charge in [0.1, 0.15) is 19.5 Å². The van der Waals surface area contributed by atoms with E-state index in [2.05, 4.69) is 5.32 Å². The van der Waals surface area contributed by atoms with Crippen LogP contribution < -0.4 is 14.8 Å². The summed E-state index contributed by atoms with van der Waals surface area (Å²) in [6.45, 7) is 2.68. The smallest absolute Gasteiger partial charge is 0.294 e. The molecule has 1 amide bonds. The van der Waals surface area contributed by atoms with Crippen LogP contribution >= 0.6 is 0 Å². The molecule has 6 heteroatoms. The largest absolute Gasteiger partial charge is 0.494 e. The Morgan fingerprint density at radius 1 is 1.20 bits per heavy atom. The van der Waals surface area contributed by atoms with Crippen LogP contribution in [0.2, 0.25) is 0 Å². The zero-order valence-corrected chi connectivity index (χ0v) is 11.7. The van der Waals surface area contributed by atoms with Crippen molar-refractivity contribution < 1.29 is 23.7 Å². The Morgan fingerprint density at radius 2 is 1.90 bits per heavy atom. The summed E-state index contributed by atoms with van der Waals surface area (Å²) in [5.74, 6) is 0.952. The van der Waals surface area contributed by atoms with E-state index in [0.29, 0.717) is 30.4 Å². The first-order valence-electron chi connectivity index (χ1n) is 6.14. The molecule has 1 heterocycles. The molecule has 6 nitrogen and oxygen atoms in total. The first kappa shape index (κ1) is 14.0. The highest BCUT2D eigenvalue weighted by molar-refractivity contribution is 6.02. The molecule has 0 atom stereocenters. The Balaban J connectivity index is 2.20. The molecule has 0 unspecified atom stereocenters. The first-order chi connectivity index (χ1) is 9.65. The van der Waals surface area contributed by atoms with Gasteiger partial charge in [-0.05, 0) is 18.6 Å². The molecule has 1 aromatic carbocycles. The molecule has 1 aliphatic heterocycles. The molecule has 0 spiro atoms. The molecular formula is C14H17NO5. The first-order valence-corrected chi connectivity index (χ1v) is 6.14. The summed E-state index contributed by atoms with van der Waals surface area (Å²) in [4.78, 5) is 12.0. The lowest BCUT2D eigenvalue weighted by Crippen LogP contribution is -2.21. The van der Waals surface area contributed by atoms with Gasteiger partial charge in [-0.1, -0.05) is 0 Å². The third kappa shape index (κ3) is 2.96. The van der Waals surface area contributed by atoms with Gasteiger partial charge in [0.15, 0.2) is 11.5 Å². The van der Waals surface area contributed by atoms with E-state index < -0.39 is 0 Å². The van der Waals surface area contributed by atoms with Crippen molar-refractivity contribution in [2.45, 2.75) is 6.92 Å². The topological polar surface area (TPSA) is 66.0 Å². The number of benzene rings is 1. The lowest BCUT2D eigenvalue weighted by atomic mass is 10.1. The van der Waals surface area contributed by atoms with E-state index in [9.17, 15) is 4.79 Å². The van der Waals surface area contributed by atoms with Crippen molar-refractivity contribution in [1.29, 1.82) is 0 Å². The summed E-state index contributed by atoms with van der Waals surface area (Å²) in [6.07, 6.45) is 1.31. The number of amides is 1. The zero-order valence-electron chi connectivity index (χ0n) is 11.7. The van der Waals surface area contributed by atoms with Crippen LogP contribution in [0, 0.1) is 6.92 Å². The third-order valence-corrected chi connectivity index (χ3v) is 2.85. The Hall–Kier alpha value is -2.37. The SMILES string of the molecule is COc1cc(C)c(NC(=O)C2=COCCO2)cc1OC. The maximum Gasteiger partial charge on any atom is 0.294 e. The highest BCUT2D eigenvalue weighted by Gasteiger charge is 2.17. The van der Waals surface area contributed by atoms with Gasteiger partial charge in [0, 0.05) is 11.8 Å². The van der Waals surface area contributed by atoms with Gasteiger partial charge in [-0.2, -0.15) is 0 Å². The minimum Gasteiger partial charge on any atom is -0.494 e. The number of hydrogen-bond acceptors (Lipinski definition) is 5. The van der Waals surface area contributed by atoms with Gasteiger partial charge in [0.25, 0.3) is 5.91 Å². The summed E-state index contributed by atoms with van der Waals surface area (Å²) in [6, 6.07) is 3.50. The third-order valence-electron chi connectivity index (χ3n) is 2.85. The molecule has 0 saturated heterocycles. The normalized spacial score (nSPS) is 13.7. The number of nitrogens with one attached hydrogen (secondary N) is 1. The summed E-state index contributed by atoms with van der Waals surface area (Å²) in [7, 11) is 3.10. The van der Waals surface area contributed by atoms with Crippen molar-refractivity contribution in [3.63, 3.8) is 0 Å². The molecule has 0 fully saturated rings. The van der Waals surface area contributed by atoms with Crippen LogP contribution in [-0.4, -0.2) is 33.3 Å². The van der Waals surface area contributed by atoms with Gasteiger partial charge in [-0.15, -0.1) is 0 Å². The van der Waals surface area contributed by atoms with Crippen molar-refractivity contribution in [1.82, 2.24) is 0 Å². The number of carbonyl (C=O) groups excluding carboxylic acids is 1. The summed E-state index contributed by atoms with van der Waals surface area (Å²) < 4.78 is 20.7. The maximum absolute atomic E-state index is 12.0. The fourth-order valence-corrected chi connectivity index (χ4v) is 1.79. The van der Waals surface area contributed by atoms with Gasteiger partial charge in [-0.3, -0.25) is 4.79 Å². The molecule has 1 aromatic rings. The molecule has 0 bridgehead atoms. The number of anilines is 1. The van der Waals surface area contributed by atoms with Crippen LogP contribution in [0.4, 0.5) is 5.69 Å². The number of rotatable bonds is 4. The molecule has 0 aliphatic carbocycles. The Labute approximate surface area is 117 Å². The number of ether oxygens (including phenoxy) is 4. The predicted octanol–water partition coefficient (Wildman–Crippen LogP) is 1.84. The summed E-state index contributed by atoms with van der Waals surface area (Å²) >= 11 is 0. The van der Waals surface area contributed by atoms with E-state index in [0.717, 1.165) is 5.56 Å². The summed E-state index contributed by atoms with van der Waals surface area (Å²) in [5, 5.41) is 2.76. The van der Waals surface area contributed by atoms with E-state index in [-0.39, 0.29) is 11.7 Å². The van der Waals surface area contributed by atoms with Crippen LogP contribution in [0.1, 0.15) is 5.56 Å². The van der Waals surface area contributed by atoms with Crippen molar-refractivity contribution in [3.8, 4) is 11.5 Å². The number of aryl methyl sites for hydroxylation is 1. The summed E-state index contributed by atoms with van der Waals surface area (Å²) in [5.41, 5.74) is 1.48. The second-order valence-electron chi connectivity index (χ2n) is 4.18. The van der Waals surface area contributed by atoms with Gasteiger partial charge in [0.2, 0.25) is 5.76 Å². The molecule has 1 aliphatic rings. The van der Waals surface area contributed by atoms with Gasteiger partial charge in [-0.25, -0.2) is 0 Å². The standard InChI is InChI=1S/C14H17NO5/c1-9-6-11(17-2)12(18-3)7-10(9)15-14(16)13-8-19-4-5-20-13/h6-8H,4-5H2,1-3H3,(H,15,16). The molecule has 0 saturated carbocycles. The molecule has 2 rings (SSSR count). The van der Waals surface area contributed by atoms with E-state index in [4.69, 9.17) is 18.9 Å². The van der Waals surface area contributed by atoms with E-state index in [1.165, 1.54) is 6.26 Å². The van der Waals surface area contributed by atoms with Gasteiger partial charge in [0.05, 0.1) is 14.2 Å².